The van der Waals surface area contributed by atoms with Gasteiger partial charge in [-0.1, -0.05) is 41.9 Å². The van der Waals surface area contributed by atoms with Crippen molar-refractivity contribution in [1.82, 2.24) is 19.7 Å². The molecule has 0 spiro atoms. The molecule has 1 atom stereocenters. The van der Waals surface area contributed by atoms with Gasteiger partial charge in [-0.3, -0.25) is 19.1 Å². The molecule has 0 bridgehead atoms. The zero-order valence-electron chi connectivity index (χ0n) is 16.9. The molecule has 160 valence electrons. The number of imide groups is 1. The molecule has 3 aromatic rings. The minimum absolute atomic E-state index is 0.211. The van der Waals surface area contributed by atoms with Crippen molar-refractivity contribution in [2.24, 2.45) is 0 Å². The van der Waals surface area contributed by atoms with Crippen molar-refractivity contribution < 1.29 is 14.3 Å². The van der Waals surface area contributed by atoms with Crippen LogP contribution in [0.3, 0.4) is 0 Å². The average molecular weight is 457 g/mol. The first-order valence-corrected chi connectivity index (χ1v) is 11.2. The van der Waals surface area contributed by atoms with E-state index in [2.05, 4.69) is 10.2 Å². The SMILES string of the molecule is COc1ccccc1-n1cnnc1S[C@H]1CCCCN(C(=O)c2ccc(Cl)cc2)C1=O. The highest BCUT2D eigenvalue weighted by Gasteiger charge is 2.33. The van der Waals surface area contributed by atoms with Crippen LogP contribution in [0.1, 0.15) is 29.6 Å². The van der Waals surface area contributed by atoms with Crippen LogP contribution >= 0.6 is 23.4 Å². The molecule has 2 aromatic carbocycles. The van der Waals surface area contributed by atoms with Crippen LogP contribution in [0, 0.1) is 0 Å². The van der Waals surface area contributed by atoms with E-state index in [0.29, 0.717) is 34.5 Å². The third-order valence-electron chi connectivity index (χ3n) is 5.08. The Morgan fingerprint density at radius 3 is 2.71 bits per heavy atom. The van der Waals surface area contributed by atoms with E-state index in [1.54, 1.807) is 42.3 Å². The van der Waals surface area contributed by atoms with E-state index >= 15 is 0 Å². The maximum absolute atomic E-state index is 13.3. The summed E-state index contributed by atoms with van der Waals surface area (Å²) >= 11 is 7.25. The van der Waals surface area contributed by atoms with Gasteiger partial charge >= 0.3 is 0 Å². The highest BCUT2D eigenvalue weighted by atomic mass is 35.5. The Labute approximate surface area is 189 Å². The number of hydrogen-bond acceptors (Lipinski definition) is 6. The van der Waals surface area contributed by atoms with E-state index in [1.165, 1.54) is 16.7 Å². The lowest BCUT2D eigenvalue weighted by molar-refractivity contribution is -0.127. The molecule has 31 heavy (non-hydrogen) atoms. The molecule has 9 heteroatoms. The highest BCUT2D eigenvalue weighted by Crippen LogP contribution is 2.32. The van der Waals surface area contributed by atoms with Crippen LogP contribution in [-0.2, 0) is 4.79 Å². The molecule has 0 N–H and O–H groups in total. The van der Waals surface area contributed by atoms with Gasteiger partial charge in [0.05, 0.1) is 18.0 Å². The molecule has 2 amide bonds. The number of amides is 2. The van der Waals surface area contributed by atoms with Gasteiger partial charge in [-0.05, 0) is 49.2 Å². The maximum Gasteiger partial charge on any atom is 0.260 e. The van der Waals surface area contributed by atoms with Gasteiger partial charge < -0.3 is 4.74 Å². The normalized spacial score (nSPS) is 16.8. The lowest BCUT2D eigenvalue weighted by Gasteiger charge is -2.22. The standard InChI is InChI=1S/C22H21ClN4O3S/c1-30-18-7-3-2-6-17(18)27-14-24-25-22(27)31-19-8-4-5-13-26(21(19)29)20(28)15-9-11-16(23)12-10-15/h2-3,6-7,9-12,14,19H,4-5,8,13H2,1H3/t19-/m0/s1. The fourth-order valence-electron chi connectivity index (χ4n) is 3.49. The number of carbonyl (C=O) groups is 2. The molecule has 2 heterocycles. The van der Waals surface area contributed by atoms with Crippen molar-refractivity contribution in [1.29, 1.82) is 0 Å². The molecule has 0 radical (unpaired) electrons. The van der Waals surface area contributed by atoms with E-state index in [4.69, 9.17) is 16.3 Å². The van der Waals surface area contributed by atoms with Crippen LogP contribution in [0.2, 0.25) is 5.02 Å². The Morgan fingerprint density at radius 1 is 1.16 bits per heavy atom. The van der Waals surface area contributed by atoms with Crippen molar-refractivity contribution >= 4 is 35.2 Å². The van der Waals surface area contributed by atoms with Crippen LogP contribution in [0.15, 0.2) is 60.0 Å². The zero-order chi connectivity index (χ0) is 21.8. The van der Waals surface area contributed by atoms with Gasteiger partial charge in [-0.15, -0.1) is 10.2 Å². The number of rotatable bonds is 5. The molecular weight excluding hydrogens is 436 g/mol. The third-order valence-corrected chi connectivity index (χ3v) is 6.55. The quantitative estimate of drug-likeness (QED) is 0.534. The van der Waals surface area contributed by atoms with Crippen molar-refractivity contribution in [3.63, 3.8) is 0 Å². The number of likely N-dealkylation sites (tertiary alicyclic amines) is 1. The van der Waals surface area contributed by atoms with Crippen molar-refractivity contribution in [2.45, 2.75) is 29.7 Å². The first-order valence-electron chi connectivity index (χ1n) is 9.90. The summed E-state index contributed by atoms with van der Waals surface area (Å²) in [6, 6.07) is 14.1. The Balaban J connectivity index is 1.58. The topological polar surface area (TPSA) is 77.3 Å². The van der Waals surface area contributed by atoms with E-state index in [1.807, 2.05) is 24.3 Å². The summed E-state index contributed by atoms with van der Waals surface area (Å²) in [6.07, 6.45) is 3.86. The number of methoxy groups -OCH3 is 1. The van der Waals surface area contributed by atoms with Crippen LogP contribution in [0.4, 0.5) is 0 Å². The Hall–Kier alpha value is -2.84. The lowest BCUT2D eigenvalue weighted by atomic mass is 10.2. The summed E-state index contributed by atoms with van der Waals surface area (Å²) in [5.41, 5.74) is 1.23. The number of halogens is 1. The summed E-state index contributed by atoms with van der Waals surface area (Å²) in [7, 11) is 1.60. The Kier molecular flexibility index (Phi) is 6.58. The van der Waals surface area contributed by atoms with Gasteiger partial charge in [-0.2, -0.15) is 0 Å². The summed E-state index contributed by atoms with van der Waals surface area (Å²) in [6.45, 7) is 0.399. The third kappa shape index (κ3) is 4.60. The molecule has 0 unspecified atom stereocenters. The molecule has 1 aromatic heterocycles. The smallest absolute Gasteiger partial charge is 0.260 e. The fourth-order valence-corrected chi connectivity index (χ4v) is 4.74. The largest absolute Gasteiger partial charge is 0.495 e. The van der Waals surface area contributed by atoms with Crippen LogP contribution in [0.25, 0.3) is 5.69 Å². The average Bonchev–Trinajstić information content (AvgIpc) is 3.17. The van der Waals surface area contributed by atoms with Gasteiger partial charge in [0.1, 0.15) is 12.1 Å². The van der Waals surface area contributed by atoms with E-state index in [9.17, 15) is 9.59 Å². The molecule has 0 aliphatic carbocycles. The number of thioether (sulfide) groups is 1. The first kappa shape index (κ1) is 21.4. The molecule has 1 aliphatic rings. The van der Waals surface area contributed by atoms with E-state index < -0.39 is 5.25 Å². The van der Waals surface area contributed by atoms with Crippen LogP contribution in [-0.4, -0.2) is 50.4 Å². The van der Waals surface area contributed by atoms with Crippen molar-refractivity contribution in [3.8, 4) is 11.4 Å². The Bertz CT molecular complexity index is 1090. The molecule has 7 nitrogen and oxygen atoms in total. The monoisotopic (exact) mass is 456 g/mol. The molecular formula is C22H21ClN4O3S. The van der Waals surface area contributed by atoms with Crippen molar-refractivity contribution in [2.75, 3.05) is 13.7 Å². The second-order valence-corrected chi connectivity index (χ2v) is 8.67. The van der Waals surface area contributed by atoms with Gasteiger partial charge in [0.25, 0.3) is 5.91 Å². The summed E-state index contributed by atoms with van der Waals surface area (Å²) in [5.74, 6) is 0.160. The lowest BCUT2D eigenvalue weighted by Crippen LogP contribution is -2.41. The second kappa shape index (κ2) is 9.53. The van der Waals surface area contributed by atoms with Crippen molar-refractivity contribution in [3.05, 3.63) is 65.4 Å². The number of nitrogens with zero attached hydrogens (tertiary/aromatic N) is 4. The highest BCUT2D eigenvalue weighted by molar-refractivity contribution is 8.00. The fraction of sp³-hybridized carbons (Fsp3) is 0.273. The number of para-hydroxylation sites is 2. The summed E-state index contributed by atoms with van der Waals surface area (Å²) in [4.78, 5) is 27.6. The number of benzene rings is 2. The summed E-state index contributed by atoms with van der Waals surface area (Å²) in [5, 5.41) is 8.93. The van der Waals surface area contributed by atoms with Gasteiger partial charge in [-0.25, -0.2) is 0 Å². The number of aromatic nitrogens is 3. The second-order valence-electron chi connectivity index (χ2n) is 7.06. The molecule has 0 saturated carbocycles. The van der Waals surface area contributed by atoms with Gasteiger partial charge in [0.2, 0.25) is 5.91 Å². The van der Waals surface area contributed by atoms with Gasteiger partial charge in [0, 0.05) is 17.1 Å². The number of hydrogen-bond donors (Lipinski definition) is 0. The molecule has 1 aliphatic heterocycles. The molecule has 1 fully saturated rings. The molecule has 4 rings (SSSR count). The van der Waals surface area contributed by atoms with Crippen LogP contribution < -0.4 is 4.74 Å². The number of carbonyl (C=O) groups excluding carboxylic acids is 2. The maximum atomic E-state index is 13.3. The van der Waals surface area contributed by atoms with Gasteiger partial charge in [0.15, 0.2) is 5.16 Å². The van der Waals surface area contributed by atoms with E-state index in [0.717, 1.165) is 18.5 Å². The van der Waals surface area contributed by atoms with Crippen LogP contribution in [0.5, 0.6) is 5.75 Å². The Morgan fingerprint density at radius 2 is 1.94 bits per heavy atom. The number of ether oxygens (including phenoxy) is 1. The molecule has 1 saturated heterocycles. The van der Waals surface area contributed by atoms with E-state index in [-0.39, 0.29) is 11.8 Å². The predicted octanol–water partition coefficient (Wildman–Crippen LogP) is 4.24. The predicted molar refractivity (Wildman–Crippen MR) is 119 cm³/mol. The first-order chi connectivity index (χ1) is 15.1. The minimum atomic E-state index is -0.434. The minimum Gasteiger partial charge on any atom is -0.495 e. The zero-order valence-corrected chi connectivity index (χ0v) is 18.5. The summed E-state index contributed by atoms with van der Waals surface area (Å²) < 4.78 is 7.24.